The standard InChI is InChI=1S/C18H27N3O4/c1-13-5-4-6-14(9-13)25-12-17(23)19-15-7-8-21(10-16(15)22)11-18(24)20(2)3/h4-6,9,15-16,22H,7-8,10-12H2,1-3H3,(H,19,23)/t15-,16-/m1/s1. The molecule has 2 amide bonds. The molecule has 2 atom stereocenters. The van der Waals surface area contributed by atoms with Crippen molar-refractivity contribution in [1.29, 1.82) is 0 Å². The van der Waals surface area contributed by atoms with E-state index >= 15 is 0 Å². The molecule has 1 saturated heterocycles. The summed E-state index contributed by atoms with van der Waals surface area (Å²) in [6.07, 6.45) is -0.107. The summed E-state index contributed by atoms with van der Waals surface area (Å²) in [7, 11) is 3.42. The average Bonchev–Trinajstić information content (AvgIpc) is 2.55. The van der Waals surface area contributed by atoms with Crippen LogP contribution < -0.4 is 10.1 Å². The van der Waals surface area contributed by atoms with E-state index in [0.29, 0.717) is 25.3 Å². The van der Waals surface area contributed by atoms with Crippen LogP contribution in [0.5, 0.6) is 5.75 Å². The maximum atomic E-state index is 12.0. The summed E-state index contributed by atoms with van der Waals surface area (Å²) in [5.41, 5.74) is 1.06. The zero-order valence-corrected chi connectivity index (χ0v) is 15.1. The van der Waals surface area contributed by atoms with Crippen LogP contribution in [0, 0.1) is 6.92 Å². The van der Waals surface area contributed by atoms with E-state index in [1.807, 2.05) is 30.0 Å². The molecule has 2 N–H and O–H groups in total. The maximum Gasteiger partial charge on any atom is 0.258 e. The normalized spacial score (nSPS) is 20.8. The molecule has 0 unspecified atom stereocenters. The van der Waals surface area contributed by atoms with Crippen molar-refractivity contribution in [2.75, 3.05) is 40.3 Å². The minimum atomic E-state index is -0.702. The summed E-state index contributed by atoms with van der Waals surface area (Å²) >= 11 is 0. The Kier molecular flexibility index (Phi) is 6.78. The zero-order valence-electron chi connectivity index (χ0n) is 15.1. The predicted molar refractivity (Wildman–Crippen MR) is 94.4 cm³/mol. The molecule has 1 aliphatic rings. The van der Waals surface area contributed by atoms with Crippen molar-refractivity contribution in [2.45, 2.75) is 25.5 Å². The molecule has 138 valence electrons. The molecule has 0 bridgehead atoms. The van der Waals surface area contributed by atoms with Crippen molar-refractivity contribution in [3.8, 4) is 5.75 Å². The topological polar surface area (TPSA) is 82.1 Å². The number of carbonyl (C=O) groups excluding carboxylic acids is 2. The van der Waals surface area contributed by atoms with Gasteiger partial charge >= 0.3 is 0 Å². The van der Waals surface area contributed by atoms with Crippen LogP contribution in [0.2, 0.25) is 0 Å². The number of aliphatic hydroxyl groups is 1. The Hall–Kier alpha value is -2.12. The van der Waals surface area contributed by atoms with E-state index in [0.717, 1.165) is 5.56 Å². The van der Waals surface area contributed by atoms with Crippen LogP contribution in [-0.2, 0) is 9.59 Å². The van der Waals surface area contributed by atoms with Crippen molar-refractivity contribution in [3.63, 3.8) is 0 Å². The van der Waals surface area contributed by atoms with Gasteiger partial charge in [0.15, 0.2) is 6.61 Å². The van der Waals surface area contributed by atoms with Gasteiger partial charge in [-0.15, -0.1) is 0 Å². The first-order valence-electron chi connectivity index (χ1n) is 8.44. The van der Waals surface area contributed by atoms with Gasteiger partial charge in [-0.2, -0.15) is 0 Å². The first-order valence-corrected chi connectivity index (χ1v) is 8.44. The Morgan fingerprint density at radius 3 is 2.80 bits per heavy atom. The van der Waals surface area contributed by atoms with E-state index in [1.54, 1.807) is 20.2 Å². The SMILES string of the molecule is Cc1cccc(OCC(=O)N[C@@H]2CCN(CC(=O)N(C)C)C[C@H]2O)c1. The Balaban J connectivity index is 1.75. The second kappa shape index (κ2) is 8.82. The lowest BCUT2D eigenvalue weighted by molar-refractivity contribution is -0.131. The number of carbonyl (C=O) groups is 2. The fourth-order valence-corrected chi connectivity index (χ4v) is 2.74. The van der Waals surface area contributed by atoms with Gasteiger partial charge in [-0.05, 0) is 31.0 Å². The molecule has 0 aliphatic carbocycles. The number of rotatable bonds is 6. The predicted octanol–water partition coefficient (Wildman–Crippen LogP) is 0.0134. The molecule has 2 rings (SSSR count). The van der Waals surface area contributed by atoms with Crippen LogP contribution in [0.4, 0.5) is 0 Å². The number of piperidine rings is 1. The summed E-state index contributed by atoms with van der Waals surface area (Å²) in [5.74, 6) is 0.386. The third-order valence-electron chi connectivity index (χ3n) is 4.23. The molecule has 0 spiro atoms. The molecule has 1 aromatic rings. The molecule has 7 nitrogen and oxygen atoms in total. The Labute approximate surface area is 148 Å². The quantitative estimate of drug-likeness (QED) is 0.756. The van der Waals surface area contributed by atoms with Crippen LogP contribution in [0.15, 0.2) is 24.3 Å². The van der Waals surface area contributed by atoms with E-state index in [4.69, 9.17) is 4.74 Å². The summed E-state index contributed by atoms with van der Waals surface area (Å²) in [6, 6.07) is 7.17. The number of benzene rings is 1. The van der Waals surface area contributed by atoms with Crippen LogP contribution in [0.1, 0.15) is 12.0 Å². The number of likely N-dealkylation sites (N-methyl/N-ethyl adjacent to an activating group) is 1. The van der Waals surface area contributed by atoms with Gasteiger partial charge in [-0.1, -0.05) is 12.1 Å². The molecule has 0 aromatic heterocycles. The summed E-state index contributed by atoms with van der Waals surface area (Å²) in [5, 5.41) is 13.1. The lowest BCUT2D eigenvalue weighted by Crippen LogP contribution is -2.56. The minimum Gasteiger partial charge on any atom is -0.484 e. The van der Waals surface area contributed by atoms with Crippen LogP contribution in [0.25, 0.3) is 0 Å². The summed E-state index contributed by atoms with van der Waals surface area (Å²) in [6.45, 7) is 3.17. The Morgan fingerprint density at radius 2 is 2.16 bits per heavy atom. The highest BCUT2D eigenvalue weighted by Gasteiger charge is 2.29. The van der Waals surface area contributed by atoms with E-state index < -0.39 is 6.10 Å². The van der Waals surface area contributed by atoms with Gasteiger partial charge in [-0.25, -0.2) is 0 Å². The Bertz CT molecular complexity index is 606. The third-order valence-corrected chi connectivity index (χ3v) is 4.23. The van der Waals surface area contributed by atoms with E-state index in [-0.39, 0.29) is 31.0 Å². The van der Waals surface area contributed by atoms with Gasteiger partial charge in [0.25, 0.3) is 5.91 Å². The van der Waals surface area contributed by atoms with Crippen molar-refractivity contribution < 1.29 is 19.4 Å². The highest BCUT2D eigenvalue weighted by Crippen LogP contribution is 2.13. The van der Waals surface area contributed by atoms with E-state index in [9.17, 15) is 14.7 Å². The van der Waals surface area contributed by atoms with Crippen molar-refractivity contribution in [3.05, 3.63) is 29.8 Å². The number of hydrogen-bond acceptors (Lipinski definition) is 5. The number of nitrogens with one attached hydrogen (secondary N) is 1. The third kappa shape index (κ3) is 6.03. The minimum absolute atomic E-state index is 0.00115. The van der Waals surface area contributed by atoms with Gasteiger partial charge in [0.2, 0.25) is 5.91 Å². The highest BCUT2D eigenvalue weighted by molar-refractivity contribution is 5.78. The second-order valence-electron chi connectivity index (χ2n) is 6.66. The first kappa shape index (κ1) is 19.2. The van der Waals surface area contributed by atoms with Crippen molar-refractivity contribution in [1.82, 2.24) is 15.1 Å². The summed E-state index contributed by atoms with van der Waals surface area (Å²) in [4.78, 5) is 27.2. The van der Waals surface area contributed by atoms with Gasteiger partial charge in [0.1, 0.15) is 5.75 Å². The maximum absolute atomic E-state index is 12.0. The zero-order chi connectivity index (χ0) is 18.4. The highest BCUT2D eigenvalue weighted by atomic mass is 16.5. The lowest BCUT2D eigenvalue weighted by Gasteiger charge is -2.36. The largest absolute Gasteiger partial charge is 0.484 e. The molecular weight excluding hydrogens is 322 g/mol. The summed E-state index contributed by atoms with van der Waals surface area (Å²) < 4.78 is 5.47. The number of aliphatic hydroxyl groups excluding tert-OH is 1. The van der Waals surface area contributed by atoms with Gasteiger partial charge in [0.05, 0.1) is 18.7 Å². The van der Waals surface area contributed by atoms with Gasteiger partial charge in [-0.3, -0.25) is 14.5 Å². The number of likely N-dealkylation sites (tertiary alicyclic amines) is 1. The van der Waals surface area contributed by atoms with Gasteiger partial charge < -0.3 is 20.1 Å². The first-order chi connectivity index (χ1) is 11.8. The van der Waals surface area contributed by atoms with Crippen molar-refractivity contribution in [2.24, 2.45) is 0 Å². The van der Waals surface area contributed by atoms with E-state index in [2.05, 4.69) is 5.32 Å². The monoisotopic (exact) mass is 349 g/mol. The van der Waals surface area contributed by atoms with E-state index in [1.165, 1.54) is 4.90 Å². The van der Waals surface area contributed by atoms with Crippen LogP contribution in [0.3, 0.4) is 0 Å². The fourth-order valence-electron chi connectivity index (χ4n) is 2.74. The number of nitrogens with zero attached hydrogens (tertiary/aromatic N) is 2. The van der Waals surface area contributed by atoms with Gasteiger partial charge in [0, 0.05) is 27.2 Å². The number of β-amino-alcohol motifs (C(OH)–C–C–N with tert-alkyl or cyclic N) is 1. The second-order valence-corrected chi connectivity index (χ2v) is 6.66. The molecule has 1 aromatic carbocycles. The number of amides is 2. The average molecular weight is 349 g/mol. The molecule has 1 heterocycles. The van der Waals surface area contributed by atoms with Crippen LogP contribution >= 0.6 is 0 Å². The van der Waals surface area contributed by atoms with Crippen LogP contribution in [-0.4, -0.2) is 79.2 Å². The fraction of sp³-hybridized carbons (Fsp3) is 0.556. The molecule has 25 heavy (non-hydrogen) atoms. The molecule has 7 heteroatoms. The molecule has 0 radical (unpaired) electrons. The number of hydrogen-bond donors (Lipinski definition) is 2. The smallest absolute Gasteiger partial charge is 0.258 e. The molecule has 0 saturated carbocycles. The number of ether oxygens (including phenoxy) is 1. The van der Waals surface area contributed by atoms with Crippen molar-refractivity contribution >= 4 is 11.8 Å². The molecule has 1 aliphatic heterocycles. The molecular formula is C18H27N3O4. The molecule has 1 fully saturated rings. The number of aryl methyl sites for hydroxylation is 1. The lowest BCUT2D eigenvalue weighted by atomic mass is 10.0. The Morgan fingerprint density at radius 1 is 1.40 bits per heavy atom.